The second-order valence-corrected chi connectivity index (χ2v) is 20.2. The van der Waals surface area contributed by atoms with E-state index in [1.165, 1.54) is 76.8 Å². The Morgan fingerprint density at radius 3 is 1.57 bits per heavy atom. The van der Waals surface area contributed by atoms with Gasteiger partial charge in [0.25, 0.3) is 11.8 Å². The van der Waals surface area contributed by atoms with Gasteiger partial charge in [0.05, 0.1) is 87.0 Å². The summed E-state index contributed by atoms with van der Waals surface area (Å²) in [5, 5.41) is 79.1. The summed E-state index contributed by atoms with van der Waals surface area (Å²) in [7, 11) is 1.51. The number of ether oxygens (including phenoxy) is 4. The number of aliphatic hydroxyl groups excluding tert-OH is 6. The first-order chi connectivity index (χ1) is 42.0. The van der Waals surface area contributed by atoms with Gasteiger partial charge in [-0.05, 0) is 66.6 Å². The van der Waals surface area contributed by atoms with Gasteiger partial charge in [-0.1, -0.05) is 18.2 Å². The van der Waals surface area contributed by atoms with Crippen LogP contribution in [0.25, 0.3) is 33.5 Å². The smallest absolute Gasteiger partial charge is 0.253 e. The number of benzene rings is 2. The standard InChI is InChI=1S/C20H24N6O5.C19H21N5O5.C16H17N7O4/c21-12-5-6-23-18-15(12)24-9-26(18)20-17(29)16(14(8-27)31-20)25-19(30)13(22)7-10-1-3-11(28)4-2-10;1-28-11-4-2-3-10(7-11)18(27)23-15-13(8-25)29-19(16(15)26)24-9-22-14-12(20)5-6-21-17(14)24;17-13-11-14(20-6-19-13)23(7-21-11)16-12(25)10(9(5-24)27-16)22-15(26)8-2-1-3-18-4-8/h1-6,9,13-14,16-17,20,27-29H,7-8,22H2,(H2,21,23)(H,25,30);2-7,9,13,15-16,19,25-26H,8H2,1H3,(H2,20,21)(H,23,27);1-4,6-7,9-10,12,16,24-25H,5H2,(H,22,26)(H2,17,19,20)/t13?,14-,16?,17+,20-;13-,15?,16+,19-;9-,10?,12+,16-/m111/s1. The van der Waals surface area contributed by atoms with Crippen LogP contribution in [0, 0.1) is 0 Å². The summed E-state index contributed by atoms with van der Waals surface area (Å²) in [5.41, 5.74) is 28.5. The van der Waals surface area contributed by atoms with Crippen LogP contribution in [0.3, 0.4) is 0 Å². The lowest BCUT2D eigenvalue weighted by atomic mass is 10.0. The van der Waals surface area contributed by atoms with E-state index < -0.39 is 117 Å². The van der Waals surface area contributed by atoms with E-state index in [1.54, 1.807) is 66.9 Å². The zero-order chi connectivity index (χ0) is 61.6. The summed E-state index contributed by atoms with van der Waals surface area (Å²) in [6.07, 6.45) is 3.10. The number of aliphatic hydroxyl groups is 6. The maximum Gasteiger partial charge on any atom is 0.253 e. The van der Waals surface area contributed by atoms with Crippen molar-refractivity contribution in [3.63, 3.8) is 0 Å². The highest BCUT2D eigenvalue weighted by molar-refractivity contribution is 5.95. The molecule has 87 heavy (non-hydrogen) atoms. The summed E-state index contributed by atoms with van der Waals surface area (Å²) in [5.74, 6) is -0.506. The number of nitrogens with one attached hydrogen (secondary N) is 3. The van der Waals surface area contributed by atoms with Crippen LogP contribution in [0.1, 0.15) is 45.0 Å². The van der Waals surface area contributed by atoms with Gasteiger partial charge in [-0.3, -0.25) is 33.1 Å². The molecule has 32 heteroatoms. The molecule has 10 heterocycles. The third-order valence-electron chi connectivity index (χ3n) is 14.7. The van der Waals surface area contributed by atoms with Crippen molar-refractivity contribution in [3.8, 4) is 11.5 Å². The van der Waals surface area contributed by atoms with Crippen molar-refractivity contribution in [3.05, 3.63) is 140 Å². The molecule has 0 aliphatic carbocycles. The van der Waals surface area contributed by atoms with Gasteiger partial charge in [0.15, 0.2) is 41.4 Å². The lowest BCUT2D eigenvalue weighted by Crippen LogP contribution is -2.53. The second-order valence-electron chi connectivity index (χ2n) is 20.2. The van der Waals surface area contributed by atoms with Crippen LogP contribution in [0.2, 0.25) is 0 Å². The van der Waals surface area contributed by atoms with Gasteiger partial charge in [-0.15, -0.1) is 0 Å². The first-order valence-electron chi connectivity index (χ1n) is 26.9. The van der Waals surface area contributed by atoms with Crippen LogP contribution in [-0.2, 0) is 25.4 Å². The molecule has 0 spiro atoms. The van der Waals surface area contributed by atoms with Crippen molar-refractivity contribution >= 4 is 68.4 Å². The summed E-state index contributed by atoms with van der Waals surface area (Å²) >= 11 is 0. The minimum absolute atomic E-state index is 0.119. The normalized spacial score (nSPS) is 24.4. The van der Waals surface area contributed by atoms with Crippen LogP contribution >= 0.6 is 0 Å². The van der Waals surface area contributed by atoms with E-state index in [-0.39, 0.29) is 18.0 Å². The number of methoxy groups -OCH3 is 1. The van der Waals surface area contributed by atoms with Crippen LogP contribution < -0.4 is 43.6 Å². The number of carbonyl (C=O) groups excluding carboxylic acids is 3. The third kappa shape index (κ3) is 12.6. The number of pyridine rings is 3. The molecule has 0 saturated carbocycles. The number of rotatable bonds is 15. The molecule has 0 radical (unpaired) electrons. The fraction of sp³-hybridized carbons (Fsp3) is 0.327. The maximum atomic E-state index is 12.7. The number of nitrogens with two attached hydrogens (primary N) is 4. The number of nitrogens with zero attached hydrogens (tertiary/aromatic N) is 11. The highest BCUT2D eigenvalue weighted by atomic mass is 16.6. The van der Waals surface area contributed by atoms with E-state index in [4.69, 9.17) is 41.9 Å². The molecule has 3 amide bonds. The average molecular weight is 1200 g/mol. The SMILES string of the molecule is COc1cccc(C(=O)NC2[C@@H](CO)O[C@@H](n3cnc4c(N)ccnc43)[C@H]2O)c1.Nc1ccnc2c1ncn2[C@@H]1O[C@H](CO)C(NC(=O)C(N)Cc2ccc(O)cc2)[C@@H]1O.Nc1ncnc2c1ncn2[C@@H]1O[C@H](CO)C(NC(=O)c2cccnc2)[C@@H]1O. The molecule has 456 valence electrons. The average Bonchev–Trinajstić information content (AvgIpc) is 2.38. The fourth-order valence-corrected chi connectivity index (χ4v) is 10.2. The Hall–Kier alpha value is -9.61. The summed E-state index contributed by atoms with van der Waals surface area (Å²) in [6.45, 7) is -1.21. The lowest BCUT2D eigenvalue weighted by molar-refractivity contribution is -0.124. The number of imidazole rings is 3. The van der Waals surface area contributed by atoms with Crippen molar-refractivity contribution in [1.82, 2.24) is 69.5 Å². The molecule has 32 nitrogen and oxygen atoms in total. The Labute approximate surface area is 492 Å². The molecular weight excluding hydrogens is 1140 g/mol. The van der Waals surface area contributed by atoms with Crippen LogP contribution in [0.15, 0.2) is 123 Å². The molecule has 9 aromatic rings. The van der Waals surface area contributed by atoms with E-state index >= 15 is 0 Å². The van der Waals surface area contributed by atoms with Gasteiger partial charge in [0, 0.05) is 30.4 Å². The number of carbonyl (C=O) groups is 3. The first-order valence-corrected chi connectivity index (χ1v) is 26.9. The summed E-state index contributed by atoms with van der Waals surface area (Å²) < 4.78 is 27.1. The number of phenols is 1. The monoisotopic (exact) mass is 1200 g/mol. The quantitative estimate of drug-likeness (QED) is 0.0525. The van der Waals surface area contributed by atoms with Gasteiger partial charge < -0.3 is 93.6 Å². The predicted molar refractivity (Wildman–Crippen MR) is 306 cm³/mol. The largest absolute Gasteiger partial charge is 0.508 e. The zero-order valence-electron chi connectivity index (χ0n) is 46.1. The van der Waals surface area contributed by atoms with E-state index in [0.29, 0.717) is 61.7 Å². The zero-order valence-corrected chi connectivity index (χ0v) is 46.1. The fourth-order valence-electron chi connectivity index (χ4n) is 10.2. The van der Waals surface area contributed by atoms with Crippen molar-refractivity contribution in [2.75, 3.05) is 44.1 Å². The number of fused-ring (bicyclic) bond motifs is 3. The molecule has 3 fully saturated rings. The molecule has 18 N–H and O–H groups in total. The van der Waals surface area contributed by atoms with E-state index in [1.807, 2.05) is 0 Å². The molecule has 12 rings (SSSR count). The number of hydrogen-bond acceptors (Lipinski definition) is 26. The van der Waals surface area contributed by atoms with Crippen molar-refractivity contribution in [1.29, 1.82) is 0 Å². The molecule has 2 aromatic carbocycles. The second kappa shape index (κ2) is 26.3. The molecule has 0 bridgehead atoms. The van der Waals surface area contributed by atoms with Gasteiger partial charge in [0.2, 0.25) is 5.91 Å². The highest BCUT2D eigenvalue weighted by Gasteiger charge is 2.48. The van der Waals surface area contributed by atoms with Crippen molar-refractivity contribution in [2.45, 2.75) is 85.9 Å². The van der Waals surface area contributed by atoms with Crippen LogP contribution in [-0.4, -0.2) is 195 Å². The number of hydrogen-bond donors (Lipinski definition) is 14. The Morgan fingerprint density at radius 2 is 1.08 bits per heavy atom. The number of aromatic hydroxyl groups is 1. The predicted octanol–water partition coefficient (Wildman–Crippen LogP) is -2.05. The molecule has 3 saturated heterocycles. The Morgan fingerprint density at radius 1 is 0.598 bits per heavy atom. The van der Waals surface area contributed by atoms with Crippen LogP contribution in [0.5, 0.6) is 11.5 Å². The number of nitrogen functional groups attached to an aromatic ring is 3. The summed E-state index contributed by atoms with van der Waals surface area (Å²) in [4.78, 5) is 70.7. The molecule has 3 aliphatic heterocycles. The third-order valence-corrected chi connectivity index (χ3v) is 14.7. The van der Waals surface area contributed by atoms with Gasteiger partial charge in [-0.25, -0.2) is 34.9 Å². The highest BCUT2D eigenvalue weighted by Crippen LogP contribution is 2.35. The molecule has 4 unspecified atom stereocenters. The molecule has 13 atom stereocenters. The van der Waals surface area contributed by atoms with Crippen LogP contribution in [0.4, 0.5) is 17.2 Å². The first kappa shape index (κ1) is 60.5. The van der Waals surface area contributed by atoms with Gasteiger partial charge in [0.1, 0.15) is 71.0 Å². The lowest BCUT2D eigenvalue weighted by Gasteiger charge is -2.23. The van der Waals surface area contributed by atoms with E-state index in [9.17, 15) is 50.1 Å². The Balaban J connectivity index is 0.000000145. The topological polar surface area (TPSA) is 488 Å². The van der Waals surface area contributed by atoms with Crippen molar-refractivity contribution < 1.29 is 69.1 Å². The van der Waals surface area contributed by atoms with E-state index in [2.05, 4.69) is 55.8 Å². The van der Waals surface area contributed by atoms with E-state index in [0.717, 1.165) is 5.56 Å². The van der Waals surface area contributed by atoms with Gasteiger partial charge in [-0.2, -0.15) is 0 Å². The Kier molecular flexibility index (Phi) is 18.3. The minimum Gasteiger partial charge on any atom is -0.508 e. The number of amides is 3. The maximum absolute atomic E-state index is 12.7. The summed E-state index contributed by atoms with van der Waals surface area (Å²) in [6, 6.07) is 16.0. The number of anilines is 3. The minimum atomic E-state index is -1.19. The number of phenolic OH excluding ortho intramolecular Hbond substituents is 1. The van der Waals surface area contributed by atoms with Gasteiger partial charge >= 0.3 is 0 Å². The molecule has 3 aliphatic rings. The molecular formula is C55H62N18O14. The van der Waals surface area contributed by atoms with Crippen molar-refractivity contribution in [2.24, 2.45) is 5.73 Å². The molecule has 7 aromatic heterocycles. The number of aromatic nitrogens is 11. The Bertz CT molecular complexity index is 3860.